The van der Waals surface area contributed by atoms with Crippen LogP contribution in [0, 0.1) is 5.92 Å². The molecule has 0 aromatic heterocycles. The van der Waals surface area contributed by atoms with Crippen molar-refractivity contribution in [2.24, 2.45) is 10.9 Å². The van der Waals surface area contributed by atoms with E-state index in [0.717, 1.165) is 21.5 Å². The Bertz CT molecular complexity index is 432. The molecule has 0 spiro atoms. The topological polar surface area (TPSA) is 24.4 Å². The normalized spacial score (nSPS) is 22.2. The molecule has 1 N–H and O–H groups in total. The number of nitrogens with one attached hydrogen (secondary N) is 1. The molecule has 1 heterocycles. The highest BCUT2D eigenvalue weighted by Crippen LogP contribution is 2.20. The van der Waals surface area contributed by atoms with E-state index in [2.05, 4.69) is 24.2 Å². The fourth-order valence-electron chi connectivity index (χ4n) is 1.93. The van der Waals surface area contributed by atoms with Crippen LogP contribution >= 0.6 is 23.4 Å². The van der Waals surface area contributed by atoms with Crippen LogP contribution in [-0.4, -0.2) is 17.0 Å². The molecule has 1 atom stereocenters. The van der Waals surface area contributed by atoms with Gasteiger partial charge in [-0.15, -0.1) is 0 Å². The monoisotopic (exact) mass is 282 g/mol. The van der Waals surface area contributed by atoms with Gasteiger partial charge in [0.2, 0.25) is 0 Å². The van der Waals surface area contributed by atoms with Gasteiger partial charge >= 0.3 is 0 Å². The summed E-state index contributed by atoms with van der Waals surface area (Å²) in [5.41, 5.74) is 1.08. The fraction of sp³-hybridized carbons (Fsp3) is 0.500. The minimum absolute atomic E-state index is 0.552. The number of amidine groups is 1. The second kappa shape index (κ2) is 6.48. The molecule has 1 unspecified atom stereocenters. The van der Waals surface area contributed by atoms with Crippen molar-refractivity contribution in [3.05, 3.63) is 34.9 Å². The van der Waals surface area contributed by atoms with Crippen LogP contribution in [0.25, 0.3) is 0 Å². The van der Waals surface area contributed by atoms with E-state index in [-0.39, 0.29) is 0 Å². The average Bonchev–Trinajstić information content (AvgIpc) is 2.38. The van der Waals surface area contributed by atoms with Gasteiger partial charge in [-0.2, -0.15) is 0 Å². The lowest BCUT2D eigenvalue weighted by molar-refractivity contribution is 0.442. The number of hydrogen-bond acceptors (Lipinski definition) is 2. The van der Waals surface area contributed by atoms with Crippen molar-refractivity contribution in [2.45, 2.75) is 32.9 Å². The molecular formula is C14H19ClN2S. The summed E-state index contributed by atoms with van der Waals surface area (Å²) in [5.74, 6) is 1.80. The summed E-state index contributed by atoms with van der Waals surface area (Å²) in [6.07, 6.45) is 1.22. The van der Waals surface area contributed by atoms with E-state index in [9.17, 15) is 0 Å². The summed E-state index contributed by atoms with van der Waals surface area (Å²) in [4.78, 5) is 4.63. The van der Waals surface area contributed by atoms with Crippen LogP contribution in [0.15, 0.2) is 29.3 Å². The zero-order valence-electron chi connectivity index (χ0n) is 10.8. The number of nitrogens with zero attached hydrogens (tertiary/aromatic N) is 1. The van der Waals surface area contributed by atoms with Gasteiger partial charge < -0.3 is 5.32 Å². The predicted molar refractivity (Wildman–Crippen MR) is 81.4 cm³/mol. The number of benzene rings is 1. The lowest BCUT2D eigenvalue weighted by atomic mass is 10.0. The van der Waals surface area contributed by atoms with Crippen molar-refractivity contribution in [1.82, 2.24) is 5.32 Å². The second-order valence-corrected chi connectivity index (χ2v) is 6.34. The van der Waals surface area contributed by atoms with Crippen LogP contribution < -0.4 is 5.32 Å². The number of hydrogen-bond donors (Lipinski definition) is 1. The van der Waals surface area contributed by atoms with Crippen LogP contribution in [0.3, 0.4) is 0 Å². The SMILES string of the molecule is CC(C)C1CCSC(=NCc2ccccc2Cl)N1. The quantitative estimate of drug-likeness (QED) is 0.908. The number of rotatable bonds is 3. The van der Waals surface area contributed by atoms with Gasteiger partial charge in [0.25, 0.3) is 0 Å². The summed E-state index contributed by atoms with van der Waals surface area (Å²) < 4.78 is 0. The van der Waals surface area contributed by atoms with Gasteiger partial charge in [-0.3, -0.25) is 4.99 Å². The molecule has 98 valence electrons. The van der Waals surface area contributed by atoms with Crippen LogP contribution in [-0.2, 0) is 6.54 Å². The molecule has 0 amide bonds. The highest BCUT2D eigenvalue weighted by Gasteiger charge is 2.19. The Balaban J connectivity index is 1.99. The molecule has 0 saturated carbocycles. The van der Waals surface area contributed by atoms with E-state index in [1.54, 1.807) is 11.8 Å². The Kier molecular flexibility index (Phi) is 4.95. The Morgan fingerprint density at radius 1 is 1.44 bits per heavy atom. The van der Waals surface area contributed by atoms with E-state index in [4.69, 9.17) is 11.6 Å². The Morgan fingerprint density at radius 3 is 2.94 bits per heavy atom. The molecule has 18 heavy (non-hydrogen) atoms. The molecule has 4 heteroatoms. The smallest absolute Gasteiger partial charge is 0.157 e. The lowest BCUT2D eigenvalue weighted by Crippen LogP contribution is -2.41. The van der Waals surface area contributed by atoms with Gasteiger partial charge in [-0.1, -0.05) is 55.4 Å². The van der Waals surface area contributed by atoms with Crippen molar-refractivity contribution >= 4 is 28.5 Å². The summed E-state index contributed by atoms with van der Waals surface area (Å²) in [5, 5.41) is 5.36. The maximum atomic E-state index is 6.12. The zero-order chi connectivity index (χ0) is 13.0. The molecule has 0 aliphatic carbocycles. The Morgan fingerprint density at radius 2 is 2.22 bits per heavy atom. The maximum Gasteiger partial charge on any atom is 0.157 e. The van der Waals surface area contributed by atoms with Gasteiger partial charge in [-0.25, -0.2) is 0 Å². The summed E-state index contributed by atoms with van der Waals surface area (Å²) in [7, 11) is 0. The molecule has 2 nitrogen and oxygen atoms in total. The third kappa shape index (κ3) is 3.66. The van der Waals surface area contributed by atoms with E-state index in [1.807, 2.05) is 24.3 Å². The van der Waals surface area contributed by atoms with Crippen LogP contribution in [0.1, 0.15) is 25.8 Å². The predicted octanol–water partition coefficient (Wildman–Crippen LogP) is 3.95. The van der Waals surface area contributed by atoms with Crippen LogP contribution in [0.4, 0.5) is 0 Å². The van der Waals surface area contributed by atoms with Gasteiger partial charge in [-0.05, 0) is 24.0 Å². The molecule has 0 radical (unpaired) electrons. The van der Waals surface area contributed by atoms with Gasteiger partial charge in [0.1, 0.15) is 0 Å². The molecule has 2 rings (SSSR count). The third-order valence-corrected chi connectivity index (χ3v) is 4.46. The minimum Gasteiger partial charge on any atom is -0.362 e. The summed E-state index contributed by atoms with van der Waals surface area (Å²) in [6.45, 7) is 5.15. The van der Waals surface area contributed by atoms with Crippen LogP contribution in [0.5, 0.6) is 0 Å². The minimum atomic E-state index is 0.552. The summed E-state index contributed by atoms with van der Waals surface area (Å²) in [6, 6.07) is 8.44. The Labute approximate surface area is 118 Å². The molecular weight excluding hydrogens is 264 g/mol. The van der Waals surface area contributed by atoms with Gasteiger partial charge in [0, 0.05) is 16.8 Å². The van der Waals surface area contributed by atoms with E-state index < -0.39 is 0 Å². The average molecular weight is 283 g/mol. The molecule has 1 aliphatic heterocycles. The fourth-order valence-corrected chi connectivity index (χ4v) is 3.08. The molecule has 1 aromatic rings. The van der Waals surface area contributed by atoms with Crippen molar-refractivity contribution in [1.29, 1.82) is 0 Å². The first-order chi connectivity index (χ1) is 8.66. The van der Waals surface area contributed by atoms with E-state index >= 15 is 0 Å². The first kappa shape index (κ1) is 13.8. The molecule has 1 aliphatic rings. The lowest BCUT2D eigenvalue weighted by Gasteiger charge is -2.28. The number of thioether (sulfide) groups is 1. The second-order valence-electron chi connectivity index (χ2n) is 4.84. The van der Waals surface area contributed by atoms with Crippen molar-refractivity contribution in [3.8, 4) is 0 Å². The first-order valence-corrected chi connectivity index (χ1v) is 7.70. The molecule has 1 aromatic carbocycles. The Hall–Kier alpha value is -0.670. The van der Waals surface area contributed by atoms with Crippen LogP contribution in [0.2, 0.25) is 5.02 Å². The number of aliphatic imine (C=N–C) groups is 1. The number of halogens is 1. The van der Waals surface area contributed by atoms with Crippen molar-refractivity contribution in [2.75, 3.05) is 5.75 Å². The van der Waals surface area contributed by atoms with Gasteiger partial charge in [0.15, 0.2) is 5.17 Å². The van der Waals surface area contributed by atoms with E-state index in [1.165, 1.54) is 6.42 Å². The standard InChI is InChI=1S/C14H19ClN2S/c1-10(2)13-7-8-18-14(17-13)16-9-11-5-3-4-6-12(11)15/h3-6,10,13H,7-9H2,1-2H3,(H,16,17). The maximum absolute atomic E-state index is 6.12. The van der Waals surface area contributed by atoms with Crippen molar-refractivity contribution in [3.63, 3.8) is 0 Å². The van der Waals surface area contributed by atoms with Gasteiger partial charge in [0.05, 0.1) is 6.54 Å². The molecule has 1 fully saturated rings. The largest absolute Gasteiger partial charge is 0.362 e. The summed E-state index contributed by atoms with van der Waals surface area (Å²) >= 11 is 7.93. The highest BCUT2D eigenvalue weighted by atomic mass is 35.5. The third-order valence-electron chi connectivity index (χ3n) is 3.13. The van der Waals surface area contributed by atoms with Crippen molar-refractivity contribution < 1.29 is 0 Å². The zero-order valence-corrected chi connectivity index (χ0v) is 12.4. The molecule has 0 bridgehead atoms. The first-order valence-electron chi connectivity index (χ1n) is 6.34. The van der Waals surface area contributed by atoms with E-state index in [0.29, 0.717) is 18.5 Å². The highest BCUT2D eigenvalue weighted by molar-refractivity contribution is 8.13. The molecule has 1 saturated heterocycles.